The van der Waals surface area contributed by atoms with Crippen molar-refractivity contribution in [1.29, 1.82) is 0 Å². The van der Waals surface area contributed by atoms with Gasteiger partial charge < -0.3 is 10.1 Å². The van der Waals surface area contributed by atoms with Gasteiger partial charge in [-0.2, -0.15) is 13.2 Å². The first-order valence-electron chi connectivity index (χ1n) is 7.63. The van der Waals surface area contributed by atoms with Gasteiger partial charge in [-0.25, -0.2) is 9.69 Å². The van der Waals surface area contributed by atoms with E-state index in [1.165, 1.54) is 0 Å². The van der Waals surface area contributed by atoms with E-state index in [-0.39, 0.29) is 11.0 Å². The molecular formula is C14H18F3N3O5S2. The molecule has 1 N–H and O–H groups in total. The van der Waals surface area contributed by atoms with Crippen LogP contribution >= 0.6 is 24.0 Å². The molecule has 1 aliphatic heterocycles. The van der Waals surface area contributed by atoms with Crippen molar-refractivity contribution in [2.45, 2.75) is 51.3 Å². The van der Waals surface area contributed by atoms with E-state index >= 15 is 0 Å². The molecule has 0 aromatic heterocycles. The van der Waals surface area contributed by atoms with Crippen molar-refractivity contribution in [3.63, 3.8) is 0 Å². The zero-order valence-corrected chi connectivity index (χ0v) is 16.5. The van der Waals surface area contributed by atoms with Crippen LogP contribution in [-0.2, 0) is 19.1 Å². The highest BCUT2D eigenvalue weighted by Gasteiger charge is 2.60. The average molecular weight is 429 g/mol. The topological polar surface area (TPSA) is 96.0 Å². The van der Waals surface area contributed by atoms with Crippen LogP contribution in [0.4, 0.5) is 18.0 Å². The van der Waals surface area contributed by atoms with Crippen LogP contribution in [0.1, 0.15) is 27.7 Å². The summed E-state index contributed by atoms with van der Waals surface area (Å²) in [6.07, 6.45) is -5.01. The Morgan fingerprint density at radius 1 is 1.22 bits per heavy atom. The average Bonchev–Trinajstić information content (AvgIpc) is 2.75. The Morgan fingerprint density at radius 2 is 1.74 bits per heavy atom. The number of thioether (sulfide) groups is 1. The number of ether oxygens (including phenoxy) is 1. The standard InChI is InChI=1S/C14H18F3N3O5S2/c1-5-25-13(26)27-11-9(10(14(15,16)17)18-6(2)21)19(7(3)22)12(24)20(11)8(4)23/h9-11H,5H2,1-4H3,(H,18,21)/t9-,10?,11-/m1/s1. The molecule has 1 aliphatic rings. The minimum atomic E-state index is -5.01. The molecule has 0 spiro atoms. The first kappa shape index (κ1) is 23.1. The fourth-order valence-electron chi connectivity index (χ4n) is 2.56. The summed E-state index contributed by atoms with van der Waals surface area (Å²) in [5.41, 5.74) is 0. The maximum Gasteiger partial charge on any atom is 0.410 e. The largest absolute Gasteiger partial charge is 0.479 e. The third-order valence-corrected chi connectivity index (χ3v) is 4.92. The van der Waals surface area contributed by atoms with Crippen LogP contribution in [0.15, 0.2) is 0 Å². The summed E-state index contributed by atoms with van der Waals surface area (Å²) in [4.78, 5) is 48.5. The molecule has 3 atom stereocenters. The maximum absolute atomic E-state index is 13.6. The Morgan fingerprint density at radius 3 is 2.11 bits per heavy atom. The van der Waals surface area contributed by atoms with Crippen LogP contribution in [-0.4, -0.2) is 68.2 Å². The van der Waals surface area contributed by atoms with Gasteiger partial charge in [-0.3, -0.25) is 19.3 Å². The molecule has 5 amide bonds. The summed E-state index contributed by atoms with van der Waals surface area (Å²) in [6.45, 7) is 4.42. The molecule has 1 fully saturated rings. The molecule has 1 saturated heterocycles. The number of amides is 5. The highest BCUT2D eigenvalue weighted by atomic mass is 32.2. The molecule has 0 aliphatic carbocycles. The van der Waals surface area contributed by atoms with E-state index in [0.717, 1.165) is 20.8 Å². The third-order valence-electron chi connectivity index (χ3n) is 3.47. The fraction of sp³-hybridized carbons (Fsp3) is 0.643. The van der Waals surface area contributed by atoms with E-state index in [9.17, 15) is 32.3 Å². The summed E-state index contributed by atoms with van der Waals surface area (Å²) in [5, 5.41) is 0.185. The predicted molar refractivity (Wildman–Crippen MR) is 93.5 cm³/mol. The second-order valence-corrected chi connectivity index (χ2v) is 7.18. The Labute approximate surface area is 162 Å². The zero-order chi connectivity index (χ0) is 21.1. The molecule has 0 aromatic carbocycles. The molecule has 0 aromatic rings. The second-order valence-electron chi connectivity index (χ2n) is 5.46. The smallest absolute Gasteiger partial charge is 0.410 e. The molecule has 0 saturated carbocycles. The Hall–Kier alpha value is -1.89. The molecular weight excluding hydrogens is 411 g/mol. The minimum Gasteiger partial charge on any atom is -0.479 e. The van der Waals surface area contributed by atoms with Crippen molar-refractivity contribution in [2.24, 2.45) is 0 Å². The van der Waals surface area contributed by atoms with Crippen molar-refractivity contribution >= 4 is 52.1 Å². The van der Waals surface area contributed by atoms with E-state index < -0.39 is 47.4 Å². The molecule has 1 rings (SSSR count). The maximum atomic E-state index is 13.6. The first-order valence-corrected chi connectivity index (χ1v) is 8.92. The third kappa shape index (κ3) is 5.31. The monoisotopic (exact) mass is 429 g/mol. The lowest BCUT2D eigenvalue weighted by Crippen LogP contribution is -2.60. The Balaban J connectivity index is 3.53. The van der Waals surface area contributed by atoms with E-state index in [1.807, 2.05) is 0 Å². The predicted octanol–water partition coefficient (Wildman–Crippen LogP) is 1.63. The summed E-state index contributed by atoms with van der Waals surface area (Å²) in [6, 6.07) is -5.75. The lowest BCUT2D eigenvalue weighted by molar-refractivity contribution is -0.172. The van der Waals surface area contributed by atoms with Crippen molar-refractivity contribution in [2.75, 3.05) is 6.61 Å². The number of thiocarbonyl (C=S) groups is 1. The number of carbonyl (C=O) groups excluding carboxylic acids is 4. The number of hydrogen-bond acceptors (Lipinski definition) is 7. The van der Waals surface area contributed by atoms with Crippen LogP contribution in [0.3, 0.4) is 0 Å². The van der Waals surface area contributed by atoms with E-state index in [2.05, 4.69) is 0 Å². The van der Waals surface area contributed by atoms with Crippen LogP contribution in [0, 0.1) is 0 Å². The summed E-state index contributed by atoms with van der Waals surface area (Å²) < 4.78 is 45.8. The van der Waals surface area contributed by atoms with Gasteiger partial charge in [0.05, 0.1) is 6.61 Å². The number of nitrogens with one attached hydrogen (secondary N) is 1. The van der Waals surface area contributed by atoms with Crippen molar-refractivity contribution < 1.29 is 37.1 Å². The first-order chi connectivity index (χ1) is 12.3. The number of urea groups is 1. The SMILES string of the molecule is CCOC(=S)S[C@@H]1[C@@H](C(NC(C)=O)C(F)(F)F)N(C(C)=O)C(=O)N1C(C)=O. The van der Waals surface area contributed by atoms with Gasteiger partial charge in [0, 0.05) is 20.8 Å². The van der Waals surface area contributed by atoms with Gasteiger partial charge in [-0.1, -0.05) is 0 Å². The van der Waals surface area contributed by atoms with Crippen LogP contribution in [0.25, 0.3) is 0 Å². The summed E-state index contributed by atoms with van der Waals surface area (Å²) in [7, 11) is 0. The molecule has 8 nitrogen and oxygen atoms in total. The fourth-order valence-corrected chi connectivity index (χ4v) is 4.12. The normalized spacial score (nSPS) is 21.1. The number of carbonyl (C=O) groups is 4. The van der Waals surface area contributed by atoms with Gasteiger partial charge in [-0.05, 0) is 30.9 Å². The Bertz CT molecular complexity index is 658. The summed E-state index contributed by atoms with van der Waals surface area (Å²) in [5.74, 6) is -2.92. The minimum absolute atomic E-state index is 0.113. The molecule has 1 unspecified atom stereocenters. The highest BCUT2D eigenvalue weighted by Crippen LogP contribution is 2.38. The molecule has 13 heteroatoms. The van der Waals surface area contributed by atoms with Gasteiger partial charge >= 0.3 is 12.2 Å². The number of imide groups is 2. The number of rotatable bonds is 4. The zero-order valence-electron chi connectivity index (χ0n) is 14.8. The van der Waals surface area contributed by atoms with E-state index in [4.69, 9.17) is 17.0 Å². The molecule has 27 heavy (non-hydrogen) atoms. The number of hydrogen-bond donors (Lipinski definition) is 1. The number of alkyl halides is 3. The highest BCUT2D eigenvalue weighted by molar-refractivity contribution is 8.23. The molecule has 0 radical (unpaired) electrons. The van der Waals surface area contributed by atoms with Crippen LogP contribution in [0.2, 0.25) is 0 Å². The van der Waals surface area contributed by atoms with Gasteiger partial charge in [-0.15, -0.1) is 0 Å². The van der Waals surface area contributed by atoms with Gasteiger partial charge in [0.25, 0.3) is 0 Å². The van der Waals surface area contributed by atoms with Crippen LogP contribution < -0.4 is 5.32 Å². The lowest BCUT2D eigenvalue weighted by Gasteiger charge is -2.33. The summed E-state index contributed by atoms with van der Waals surface area (Å²) >= 11 is 5.43. The van der Waals surface area contributed by atoms with Gasteiger partial charge in [0.2, 0.25) is 22.1 Å². The second kappa shape index (κ2) is 8.87. The van der Waals surface area contributed by atoms with Gasteiger partial charge in [0.15, 0.2) is 0 Å². The quantitative estimate of drug-likeness (QED) is 0.679. The van der Waals surface area contributed by atoms with Crippen molar-refractivity contribution in [3.05, 3.63) is 0 Å². The molecule has 1 heterocycles. The van der Waals surface area contributed by atoms with Crippen LogP contribution in [0.5, 0.6) is 0 Å². The van der Waals surface area contributed by atoms with E-state index in [1.54, 1.807) is 12.2 Å². The van der Waals surface area contributed by atoms with Gasteiger partial charge in [0.1, 0.15) is 17.5 Å². The molecule has 152 valence electrons. The van der Waals surface area contributed by atoms with Crippen molar-refractivity contribution in [3.8, 4) is 0 Å². The Kier molecular flexibility index (Phi) is 7.60. The van der Waals surface area contributed by atoms with Crippen molar-refractivity contribution in [1.82, 2.24) is 15.1 Å². The number of halogens is 3. The lowest BCUT2D eigenvalue weighted by atomic mass is 10.1. The molecule has 0 bridgehead atoms. The number of nitrogens with zero attached hydrogens (tertiary/aromatic N) is 2. The van der Waals surface area contributed by atoms with E-state index in [0.29, 0.717) is 21.6 Å².